The maximum absolute atomic E-state index is 12.0. The predicted molar refractivity (Wildman–Crippen MR) is 82.2 cm³/mol. The minimum Gasteiger partial charge on any atom is -0.319 e. The van der Waals surface area contributed by atoms with Crippen LogP contribution in [-0.4, -0.2) is 40.1 Å². The van der Waals surface area contributed by atoms with Gasteiger partial charge in [-0.1, -0.05) is 19.1 Å². The zero-order valence-electron chi connectivity index (χ0n) is 11.6. The first-order valence-electron chi connectivity index (χ1n) is 6.25. The first-order chi connectivity index (χ1) is 8.99. The van der Waals surface area contributed by atoms with Crippen molar-refractivity contribution in [1.82, 2.24) is 10.0 Å². The van der Waals surface area contributed by atoms with Gasteiger partial charge < -0.3 is 5.32 Å². The maximum Gasteiger partial charge on any atom is 0.240 e. The Labute approximate surface area is 120 Å². The Hall–Kier alpha value is -0.560. The molecule has 1 unspecified atom stereocenters. The summed E-state index contributed by atoms with van der Waals surface area (Å²) in [5.41, 5.74) is 1.13. The zero-order chi connectivity index (χ0) is 14.3. The normalized spacial score (nSPS) is 13.4. The van der Waals surface area contributed by atoms with Gasteiger partial charge in [0, 0.05) is 11.8 Å². The van der Waals surface area contributed by atoms with Crippen molar-refractivity contribution < 1.29 is 8.42 Å². The lowest BCUT2D eigenvalue weighted by molar-refractivity contribution is 0.581. The maximum atomic E-state index is 12.0. The molecule has 108 valence electrons. The average Bonchev–Trinajstić information content (AvgIpc) is 2.43. The van der Waals surface area contributed by atoms with Gasteiger partial charge in [0.2, 0.25) is 10.0 Å². The van der Waals surface area contributed by atoms with Crippen LogP contribution in [0.3, 0.4) is 0 Å². The van der Waals surface area contributed by atoms with E-state index in [1.54, 1.807) is 23.9 Å². The van der Waals surface area contributed by atoms with Crippen LogP contribution in [0, 0.1) is 0 Å². The van der Waals surface area contributed by atoms with Crippen LogP contribution >= 0.6 is 11.8 Å². The van der Waals surface area contributed by atoms with Crippen molar-refractivity contribution in [2.45, 2.75) is 23.5 Å². The Kier molecular flexibility index (Phi) is 6.85. The molecule has 0 spiro atoms. The van der Waals surface area contributed by atoms with E-state index in [4.69, 9.17) is 0 Å². The van der Waals surface area contributed by atoms with Crippen molar-refractivity contribution in [3.8, 4) is 0 Å². The van der Waals surface area contributed by atoms with E-state index >= 15 is 0 Å². The molecule has 0 radical (unpaired) electrons. The highest BCUT2D eigenvalue weighted by molar-refractivity contribution is 7.99. The van der Waals surface area contributed by atoms with Crippen LogP contribution in [0.4, 0.5) is 0 Å². The SMILES string of the molecule is CNCCc1ccc(S(=O)(=O)NCC(C)SC)cc1. The van der Waals surface area contributed by atoms with E-state index in [0.29, 0.717) is 11.4 Å². The monoisotopic (exact) mass is 302 g/mol. The van der Waals surface area contributed by atoms with Crippen LogP contribution in [0.1, 0.15) is 12.5 Å². The highest BCUT2D eigenvalue weighted by Crippen LogP contribution is 2.12. The number of benzene rings is 1. The van der Waals surface area contributed by atoms with Gasteiger partial charge in [-0.2, -0.15) is 11.8 Å². The van der Waals surface area contributed by atoms with Gasteiger partial charge in [0.05, 0.1) is 4.90 Å². The molecule has 1 aromatic carbocycles. The van der Waals surface area contributed by atoms with Crippen LogP contribution in [0.5, 0.6) is 0 Å². The van der Waals surface area contributed by atoms with Crippen molar-refractivity contribution in [2.24, 2.45) is 0 Å². The van der Waals surface area contributed by atoms with Crippen molar-refractivity contribution in [1.29, 1.82) is 0 Å². The topological polar surface area (TPSA) is 58.2 Å². The Morgan fingerprint density at radius 3 is 2.42 bits per heavy atom. The number of hydrogen-bond donors (Lipinski definition) is 2. The fourth-order valence-electron chi connectivity index (χ4n) is 1.50. The zero-order valence-corrected chi connectivity index (χ0v) is 13.3. The predicted octanol–water partition coefficient (Wildman–Crippen LogP) is 1.48. The first kappa shape index (κ1) is 16.5. The van der Waals surface area contributed by atoms with Gasteiger partial charge in [-0.25, -0.2) is 13.1 Å². The van der Waals surface area contributed by atoms with Gasteiger partial charge in [0.1, 0.15) is 0 Å². The van der Waals surface area contributed by atoms with Crippen LogP contribution in [-0.2, 0) is 16.4 Å². The quantitative estimate of drug-likeness (QED) is 0.764. The molecule has 0 bridgehead atoms. The van der Waals surface area contributed by atoms with Gasteiger partial charge in [-0.15, -0.1) is 0 Å². The summed E-state index contributed by atoms with van der Waals surface area (Å²) in [5.74, 6) is 0. The summed E-state index contributed by atoms with van der Waals surface area (Å²) >= 11 is 1.64. The van der Waals surface area contributed by atoms with Crippen LogP contribution in [0.25, 0.3) is 0 Å². The van der Waals surface area contributed by atoms with Crippen molar-refractivity contribution in [3.63, 3.8) is 0 Å². The summed E-state index contributed by atoms with van der Waals surface area (Å²) in [6.07, 6.45) is 2.86. The lowest BCUT2D eigenvalue weighted by Gasteiger charge is -2.11. The fourth-order valence-corrected chi connectivity index (χ4v) is 2.98. The Balaban J connectivity index is 2.68. The van der Waals surface area contributed by atoms with E-state index in [0.717, 1.165) is 18.5 Å². The lowest BCUT2D eigenvalue weighted by Crippen LogP contribution is -2.29. The Morgan fingerprint density at radius 2 is 1.89 bits per heavy atom. The average molecular weight is 302 g/mol. The summed E-state index contributed by atoms with van der Waals surface area (Å²) < 4.78 is 26.7. The third-order valence-corrected chi connectivity index (χ3v) is 5.27. The molecule has 0 fully saturated rings. The van der Waals surface area contributed by atoms with Gasteiger partial charge in [0.15, 0.2) is 0 Å². The van der Waals surface area contributed by atoms with E-state index in [-0.39, 0.29) is 5.25 Å². The van der Waals surface area contributed by atoms with E-state index in [1.807, 2.05) is 32.4 Å². The largest absolute Gasteiger partial charge is 0.319 e. The van der Waals surface area contributed by atoms with Crippen molar-refractivity contribution in [2.75, 3.05) is 26.4 Å². The second kappa shape index (κ2) is 7.89. The number of nitrogens with one attached hydrogen (secondary N) is 2. The molecule has 0 saturated heterocycles. The lowest BCUT2D eigenvalue weighted by atomic mass is 10.1. The smallest absolute Gasteiger partial charge is 0.240 e. The number of hydrogen-bond acceptors (Lipinski definition) is 4. The second-order valence-corrected chi connectivity index (χ2v) is 7.44. The standard InChI is InChI=1S/C13H22N2O2S2/c1-11(18-3)10-15-19(16,17)13-6-4-12(5-7-13)8-9-14-2/h4-7,11,14-15H,8-10H2,1-3H3. The minimum absolute atomic E-state index is 0.268. The van der Waals surface area contributed by atoms with Crippen molar-refractivity contribution >= 4 is 21.8 Å². The first-order valence-corrected chi connectivity index (χ1v) is 9.02. The third kappa shape index (κ3) is 5.52. The highest BCUT2D eigenvalue weighted by Gasteiger charge is 2.14. The molecule has 0 aromatic heterocycles. The summed E-state index contributed by atoms with van der Waals surface area (Å²) in [4.78, 5) is 0.328. The highest BCUT2D eigenvalue weighted by atomic mass is 32.2. The molecule has 6 heteroatoms. The van der Waals surface area contributed by atoms with Gasteiger partial charge >= 0.3 is 0 Å². The van der Waals surface area contributed by atoms with Crippen LogP contribution in [0.15, 0.2) is 29.2 Å². The molecule has 4 nitrogen and oxygen atoms in total. The van der Waals surface area contributed by atoms with E-state index in [9.17, 15) is 8.42 Å². The Bertz CT molecular complexity index is 472. The molecule has 0 amide bonds. The number of sulfonamides is 1. The Morgan fingerprint density at radius 1 is 1.26 bits per heavy atom. The molecule has 0 heterocycles. The van der Waals surface area contributed by atoms with Gasteiger partial charge in [-0.3, -0.25) is 0 Å². The van der Waals surface area contributed by atoms with E-state index < -0.39 is 10.0 Å². The van der Waals surface area contributed by atoms with E-state index in [2.05, 4.69) is 10.0 Å². The molecule has 19 heavy (non-hydrogen) atoms. The van der Waals surface area contributed by atoms with Crippen LogP contribution < -0.4 is 10.0 Å². The third-order valence-electron chi connectivity index (χ3n) is 2.86. The number of likely N-dealkylation sites (N-methyl/N-ethyl adjacent to an activating group) is 1. The number of thioether (sulfide) groups is 1. The van der Waals surface area contributed by atoms with E-state index in [1.165, 1.54) is 0 Å². The molecular formula is C13H22N2O2S2. The molecular weight excluding hydrogens is 280 g/mol. The molecule has 0 aliphatic heterocycles. The fraction of sp³-hybridized carbons (Fsp3) is 0.538. The van der Waals surface area contributed by atoms with Gasteiger partial charge in [-0.05, 0) is 44.0 Å². The second-order valence-electron chi connectivity index (χ2n) is 4.40. The summed E-state index contributed by atoms with van der Waals surface area (Å²) in [7, 11) is -1.48. The molecule has 1 atom stereocenters. The number of rotatable bonds is 8. The molecule has 0 saturated carbocycles. The minimum atomic E-state index is -3.38. The summed E-state index contributed by atoms with van der Waals surface area (Å²) in [5, 5.41) is 3.34. The summed E-state index contributed by atoms with van der Waals surface area (Å²) in [6.45, 7) is 3.33. The molecule has 0 aliphatic carbocycles. The van der Waals surface area contributed by atoms with Crippen LogP contribution in [0.2, 0.25) is 0 Å². The molecule has 2 N–H and O–H groups in total. The summed E-state index contributed by atoms with van der Waals surface area (Å²) in [6, 6.07) is 7.06. The molecule has 0 aliphatic rings. The van der Waals surface area contributed by atoms with Crippen molar-refractivity contribution in [3.05, 3.63) is 29.8 Å². The molecule has 1 rings (SSSR count). The molecule has 1 aromatic rings. The van der Waals surface area contributed by atoms with Gasteiger partial charge in [0.25, 0.3) is 0 Å².